The van der Waals surface area contributed by atoms with E-state index in [1.165, 1.54) is 21.5 Å². The Morgan fingerprint density at radius 2 is 0.980 bits per heavy atom. The average molecular weight is 627 g/mol. The fourth-order valence-electron chi connectivity index (χ4n) is 7.02. The van der Waals surface area contributed by atoms with Crippen molar-refractivity contribution in [2.24, 2.45) is 0 Å². The van der Waals surface area contributed by atoms with Crippen molar-refractivity contribution >= 4 is 54.3 Å². The Morgan fingerprint density at radius 1 is 0.388 bits per heavy atom. The highest BCUT2D eigenvalue weighted by Gasteiger charge is 2.18. The van der Waals surface area contributed by atoms with Gasteiger partial charge in [-0.05, 0) is 51.2 Å². The summed E-state index contributed by atoms with van der Waals surface area (Å²) in [6, 6.07) is 52.0. The lowest BCUT2D eigenvalue weighted by Gasteiger charge is -2.11. The highest BCUT2D eigenvalue weighted by atomic mass is 16.3. The molecule has 5 nitrogen and oxygen atoms in total. The number of benzene rings is 7. The molecule has 3 aromatic heterocycles. The van der Waals surface area contributed by atoms with Crippen LogP contribution in [0.5, 0.6) is 0 Å². The summed E-state index contributed by atoms with van der Waals surface area (Å²) in [5.41, 5.74) is 6.47. The van der Waals surface area contributed by atoms with Gasteiger partial charge in [0.25, 0.3) is 0 Å². The van der Waals surface area contributed by atoms with E-state index >= 15 is 0 Å². The molecule has 0 N–H and O–H groups in total. The minimum atomic E-state index is 0.585. The molecule has 0 spiro atoms. The Hall–Kier alpha value is -6.72. The molecule has 228 valence electrons. The zero-order valence-electron chi connectivity index (χ0n) is 26.2. The molecule has 10 aromatic rings. The monoisotopic (exact) mass is 626 g/mol. The zero-order chi connectivity index (χ0) is 32.3. The van der Waals surface area contributed by atoms with Crippen molar-refractivity contribution in [1.29, 1.82) is 0 Å². The molecule has 0 saturated heterocycles. The minimum Gasteiger partial charge on any atom is -0.455 e. The second kappa shape index (κ2) is 10.9. The second-order valence-electron chi connectivity index (χ2n) is 12.2. The largest absolute Gasteiger partial charge is 0.455 e. The molecule has 10 rings (SSSR count). The van der Waals surface area contributed by atoms with Crippen LogP contribution in [-0.2, 0) is 0 Å². The summed E-state index contributed by atoms with van der Waals surface area (Å²) < 4.78 is 6.44. The number of hydrogen-bond donors (Lipinski definition) is 0. The molecule has 0 aliphatic heterocycles. The maximum absolute atomic E-state index is 6.44. The van der Waals surface area contributed by atoms with Crippen LogP contribution < -0.4 is 0 Å². The van der Waals surface area contributed by atoms with Crippen molar-refractivity contribution in [3.8, 4) is 45.4 Å². The predicted octanol–water partition coefficient (Wildman–Crippen LogP) is 11.3. The van der Waals surface area contributed by atoms with Gasteiger partial charge in [-0.1, -0.05) is 127 Å². The third-order valence-corrected chi connectivity index (χ3v) is 9.34. The van der Waals surface area contributed by atoms with Gasteiger partial charge in [-0.3, -0.25) is 4.98 Å². The minimum absolute atomic E-state index is 0.585. The molecule has 0 amide bonds. The Labute approximate surface area is 281 Å². The quantitative estimate of drug-likeness (QED) is 0.182. The van der Waals surface area contributed by atoms with E-state index in [0.717, 1.165) is 60.7 Å². The van der Waals surface area contributed by atoms with E-state index in [0.29, 0.717) is 17.5 Å². The van der Waals surface area contributed by atoms with E-state index in [2.05, 4.69) is 66.7 Å². The maximum atomic E-state index is 6.44. The fraction of sp³-hybridized carbons (Fsp3) is 0. The van der Waals surface area contributed by atoms with Crippen molar-refractivity contribution in [2.75, 3.05) is 0 Å². The van der Waals surface area contributed by atoms with Crippen LogP contribution in [-0.4, -0.2) is 19.9 Å². The van der Waals surface area contributed by atoms with Gasteiger partial charge in [0, 0.05) is 44.6 Å². The van der Waals surface area contributed by atoms with Gasteiger partial charge >= 0.3 is 0 Å². The Morgan fingerprint density at radius 3 is 1.67 bits per heavy atom. The lowest BCUT2D eigenvalue weighted by Crippen LogP contribution is -2.00. The third kappa shape index (κ3) is 4.48. The first kappa shape index (κ1) is 27.4. The van der Waals surface area contributed by atoms with Crippen LogP contribution in [0.1, 0.15) is 0 Å². The molecule has 0 atom stereocenters. The summed E-state index contributed by atoms with van der Waals surface area (Å²) in [5.74, 6) is 1.84. The smallest absolute Gasteiger partial charge is 0.165 e. The van der Waals surface area contributed by atoms with Crippen molar-refractivity contribution in [3.63, 3.8) is 0 Å². The summed E-state index contributed by atoms with van der Waals surface area (Å²) in [5, 5.41) is 9.41. The van der Waals surface area contributed by atoms with E-state index in [4.69, 9.17) is 24.4 Å². The molecule has 7 aromatic carbocycles. The van der Waals surface area contributed by atoms with Gasteiger partial charge in [0.15, 0.2) is 17.5 Å². The molecule has 0 saturated carbocycles. The molecule has 0 radical (unpaired) electrons. The predicted molar refractivity (Wildman–Crippen MR) is 199 cm³/mol. The molecule has 49 heavy (non-hydrogen) atoms. The fourth-order valence-corrected chi connectivity index (χ4v) is 7.02. The van der Waals surface area contributed by atoms with Crippen molar-refractivity contribution in [1.82, 2.24) is 19.9 Å². The van der Waals surface area contributed by atoms with E-state index in [1.54, 1.807) is 0 Å². The van der Waals surface area contributed by atoms with Crippen LogP contribution in [0.3, 0.4) is 0 Å². The Balaban J connectivity index is 1.09. The number of para-hydroxylation sites is 1. The van der Waals surface area contributed by atoms with Gasteiger partial charge in [0.1, 0.15) is 11.2 Å². The molecule has 0 fully saturated rings. The van der Waals surface area contributed by atoms with Crippen molar-refractivity contribution in [3.05, 3.63) is 158 Å². The van der Waals surface area contributed by atoms with Crippen LogP contribution in [0.2, 0.25) is 0 Å². The number of rotatable bonds is 4. The molecule has 0 aliphatic carbocycles. The summed E-state index contributed by atoms with van der Waals surface area (Å²) in [7, 11) is 0. The number of nitrogens with zero attached hydrogens (tertiary/aromatic N) is 4. The van der Waals surface area contributed by atoms with Gasteiger partial charge in [0.05, 0.1) is 5.69 Å². The molecule has 0 bridgehead atoms. The molecule has 0 unspecified atom stereocenters. The number of furan rings is 1. The molecule has 0 aliphatic rings. The molecule has 5 heteroatoms. The van der Waals surface area contributed by atoms with E-state index in [9.17, 15) is 0 Å². The summed E-state index contributed by atoms with van der Waals surface area (Å²) in [6.45, 7) is 0. The zero-order valence-corrected chi connectivity index (χ0v) is 26.2. The van der Waals surface area contributed by atoms with Crippen molar-refractivity contribution in [2.45, 2.75) is 0 Å². The molecule has 3 heterocycles. The maximum Gasteiger partial charge on any atom is 0.165 e. The number of fused-ring (bicyclic) bond motifs is 10. The second-order valence-corrected chi connectivity index (χ2v) is 12.2. The van der Waals surface area contributed by atoms with Gasteiger partial charge in [-0.25, -0.2) is 15.0 Å². The van der Waals surface area contributed by atoms with Gasteiger partial charge in [0.2, 0.25) is 0 Å². The highest BCUT2D eigenvalue weighted by molar-refractivity contribution is 6.34. The lowest BCUT2D eigenvalue weighted by atomic mass is 9.92. The number of pyridine rings is 1. The number of aromatic nitrogens is 4. The van der Waals surface area contributed by atoms with Gasteiger partial charge in [-0.15, -0.1) is 0 Å². The van der Waals surface area contributed by atoms with Crippen LogP contribution in [0.25, 0.3) is 99.7 Å². The first-order chi connectivity index (χ1) is 24.3. The van der Waals surface area contributed by atoms with E-state index in [1.807, 2.05) is 91.1 Å². The lowest BCUT2D eigenvalue weighted by molar-refractivity contribution is 0.673. The first-order valence-electron chi connectivity index (χ1n) is 16.3. The normalized spacial score (nSPS) is 11.7. The molecular formula is C44H26N4O. The SMILES string of the molecule is c1ccc(-c2nc(-c3ccccc3)nc(-c3ccc(-c4ccc5c(ccc6c5c5ccccc5c5oc7ccccc7c65)c4)nc3)n2)cc1. The first-order valence-corrected chi connectivity index (χ1v) is 16.3. The average Bonchev–Trinajstić information content (AvgIpc) is 3.58. The van der Waals surface area contributed by atoms with Crippen LogP contribution in [0.15, 0.2) is 162 Å². The summed E-state index contributed by atoms with van der Waals surface area (Å²) in [6.07, 6.45) is 1.85. The Kier molecular flexibility index (Phi) is 6.11. The van der Waals surface area contributed by atoms with Gasteiger partial charge in [-0.2, -0.15) is 0 Å². The summed E-state index contributed by atoms with van der Waals surface area (Å²) in [4.78, 5) is 19.4. The van der Waals surface area contributed by atoms with Crippen LogP contribution in [0.4, 0.5) is 0 Å². The molecular weight excluding hydrogens is 601 g/mol. The third-order valence-electron chi connectivity index (χ3n) is 9.34. The van der Waals surface area contributed by atoms with Crippen molar-refractivity contribution < 1.29 is 4.42 Å². The van der Waals surface area contributed by atoms with Crippen LogP contribution in [0, 0.1) is 0 Å². The van der Waals surface area contributed by atoms with E-state index in [-0.39, 0.29) is 0 Å². The van der Waals surface area contributed by atoms with Gasteiger partial charge < -0.3 is 4.42 Å². The van der Waals surface area contributed by atoms with Crippen LogP contribution >= 0.6 is 0 Å². The topological polar surface area (TPSA) is 64.7 Å². The Bertz CT molecular complexity index is 2800. The summed E-state index contributed by atoms with van der Waals surface area (Å²) >= 11 is 0. The standard InChI is InChI=1S/C44H26N4O/c1-3-11-27(12-4-1)42-46-43(28-13-5-2-6-14-28)48-44(47-42)31-21-24-37(45-26-31)30-20-22-32-29(25-30)19-23-36-39(32)33-15-7-8-16-34(33)41-40(36)35-17-9-10-18-38(35)49-41/h1-26H. The van der Waals surface area contributed by atoms with E-state index < -0.39 is 0 Å². The highest BCUT2D eigenvalue weighted by Crippen LogP contribution is 2.43. The number of hydrogen-bond acceptors (Lipinski definition) is 5.